The maximum absolute atomic E-state index is 10.4. The van der Waals surface area contributed by atoms with Crippen molar-refractivity contribution >= 4 is 5.97 Å². The molecule has 0 rings (SSSR count). The fraction of sp³-hybridized carbons (Fsp3) is 0.800. The molecule has 0 aromatic heterocycles. The van der Waals surface area contributed by atoms with Crippen LogP contribution in [-0.2, 0) is 9.53 Å². The average molecular weight is 167 g/mol. The fourth-order valence-electron chi connectivity index (χ4n) is 0.321. The summed E-state index contributed by atoms with van der Waals surface area (Å²) in [5.41, 5.74) is 0. The first-order chi connectivity index (χ1) is 4.42. The molecular formula is C5H13NO5. The number of carbonyl (C=O) groups excluding carboxylic acids is 1. The van der Waals surface area contributed by atoms with E-state index in [4.69, 9.17) is 15.3 Å². The van der Waals surface area contributed by atoms with Crippen molar-refractivity contribution in [3.63, 3.8) is 0 Å². The van der Waals surface area contributed by atoms with Gasteiger partial charge in [-0.3, -0.25) is 0 Å². The summed E-state index contributed by atoms with van der Waals surface area (Å²) in [5.74, 6) is -4.07. The summed E-state index contributed by atoms with van der Waals surface area (Å²) < 4.78 is 3.98. The molecular weight excluding hydrogens is 154 g/mol. The van der Waals surface area contributed by atoms with Gasteiger partial charge < -0.3 is 26.2 Å². The first kappa shape index (κ1) is 12.9. The maximum Gasteiger partial charge on any atom is 0.369 e. The first-order valence-electron chi connectivity index (χ1n) is 2.64. The molecule has 1 unspecified atom stereocenters. The SMILES string of the molecule is COC(=O)C(O)(O)C(C)O.N. The minimum Gasteiger partial charge on any atom is -0.465 e. The largest absolute Gasteiger partial charge is 0.465 e. The number of esters is 1. The minimum atomic E-state index is -2.80. The van der Waals surface area contributed by atoms with Crippen molar-refractivity contribution in [2.75, 3.05) is 7.11 Å². The molecule has 6 N–H and O–H groups in total. The maximum atomic E-state index is 10.4. The first-order valence-corrected chi connectivity index (χ1v) is 2.64. The molecule has 0 saturated heterocycles. The van der Waals surface area contributed by atoms with Gasteiger partial charge in [-0.05, 0) is 6.92 Å². The highest BCUT2D eigenvalue weighted by molar-refractivity contribution is 5.77. The third kappa shape index (κ3) is 2.81. The van der Waals surface area contributed by atoms with Crippen LogP contribution in [0.5, 0.6) is 0 Å². The van der Waals surface area contributed by atoms with Gasteiger partial charge in [0.25, 0.3) is 5.79 Å². The zero-order valence-electron chi connectivity index (χ0n) is 6.44. The molecule has 0 aromatic rings. The van der Waals surface area contributed by atoms with Crippen molar-refractivity contribution < 1.29 is 24.9 Å². The summed E-state index contributed by atoms with van der Waals surface area (Å²) in [4.78, 5) is 10.4. The molecule has 11 heavy (non-hydrogen) atoms. The Hall–Kier alpha value is -0.690. The Morgan fingerprint density at radius 3 is 2.00 bits per heavy atom. The Balaban J connectivity index is 0. The lowest BCUT2D eigenvalue weighted by Gasteiger charge is -2.20. The van der Waals surface area contributed by atoms with E-state index in [9.17, 15) is 4.79 Å². The molecule has 0 saturated carbocycles. The topological polar surface area (TPSA) is 122 Å². The predicted octanol–water partition coefficient (Wildman–Crippen LogP) is -1.62. The summed E-state index contributed by atoms with van der Waals surface area (Å²) in [6.45, 7) is 1.07. The second-order valence-electron chi connectivity index (χ2n) is 1.89. The summed E-state index contributed by atoms with van der Waals surface area (Å²) in [5, 5.41) is 26.0. The molecule has 0 heterocycles. The van der Waals surface area contributed by atoms with Crippen LogP contribution >= 0.6 is 0 Å². The number of hydrogen-bond acceptors (Lipinski definition) is 6. The van der Waals surface area contributed by atoms with E-state index in [0.29, 0.717) is 0 Å². The molecule has 6 nitrogen and oxygen atoms in total. The molecule has 1 atom stereocenters. The van der Waals surface area contributed by atoms with Crippen molar-refractivity contribution in [1.29, 1.82) is 0 Å². The number of rotatable bonds is 2. The van der Waals surface area contributed by atoms with Crippen LogP contribution in [0.25, 0.3) is 0 Å². The van der Waals surface area contributed by atoms with Crippen LogP contribution in [0.3, 0.4) is 0 Å². The molecule has 0 aromatic carbocycles. The van der Waals surface area contributed by atoms with E-state index < -0.39 is 17.9 Å². The third-order valence-corrected chi connectivity index (χ3v) is 1.07. The Bertz CT molecular complexity index is 133. The van der Waals surface area contributed by atoms with Gasteiger partial charge >= 0.3 is 5.97 Å². The van der Waals surface area contributed by atoms with Gasteiger partial charge in [0.2, 0.25) is 0 Å². The number of carbonyl (C=O) groups is 1. The second kappa shape index (κ2) is 4.24. The quantitative estimate of drug-likeness (QED) is 0.289. The van der Waals surface area contributed by atoms with E-state index >= 15 is 0 Å². The van der Waals surface area contributed by atoms with E-state index in [1.54, 1.807) is 0 Å². The van der Waals surface area contributed by atoms with Gasteiger partial charge in [-0.15, -0.1) is 0 Å². The number of methoxy groups -OCH3 is 1. The second-order valence-corrected chi connectivity index (χ2v) is 1.89. The molecule has 0 radical (unpaired) electrons. The number of ether oxygens (including phenoxy) is 1. The highest BCUT2D eigenvalue weighted by Gasteiger charge is 2.39. The predicted molar refractivity (Wildman–Crippen MR) is 35.9 cm³/mol. The van der Waals surface area contributed by atoms with Gasteiger partial charge in [0.15, 0.2) is 0 Å². The molecule has 6 heteroatoms. The van der Waals surface area contributed by atoms with Crippen LogP contribution in [0.1, 0.15) is 6.92 Å². The van der Waals surface area contributed by atoms with Gasteiger partial charge in [0.05, 0.1) is 7.11 Å². The fourth-order valence-corrected chi connectivity index (χ4v) is 0.321. The highest BCUT2D eigenvalue weighted by Crippen LogP contribution is 2.07. The Labute approximate surface area is 64.0 Å². The van der Waals surface area contributed by atoms with Crippen molar-refractivity contribution in [3.8, 4) is 0 Å². The standard InChI is InChI=1S/C5H10O5.H3N/c1-3(6)5(8,9)4(7)10-2;/h3,6,8-9H,1-2H3;1H3. The highest BCUT2D eigenvalue weighted by atomic mass is 16.6. The van der Waals surface area contributed by atoms with Crippen LogP contribution in [0.15, 0.2) is 0 Å². The molecule has 0 bridgehead atoms. The molecule has 0 aliphatic carbocycles. The zero-order chi connectivity index (χ0) is 8.36. The van der Waals surface area contributed by atoms with E-state index in [-0.39, 0.29) is 6.15 Å². The lowest BCUT2D eigenvalue weighted by molar-refractivity contribution is -0.235. The average Bonchev–Trinajstić information content (AvgIpc) is 1.86. The van der Waals surface area contributed by atoms with Gasteiger partial charge in [0, 0.05) is 0 Å². The molecule has 0 aliphatic heterocycles. The van der Waals surface area contributed by atoms with Gasteiger partial charge in [-0.25, -0.2) is 4.79 Å². The van der Waals surface area contributed by atoms with Crippen LogP contribution < -0.4 is 6.15 Å². The lowest BCUT2D eigenvalue weighted by atomic mass is 10.2. The van der Waals surface area contributed by atoms with Gasteiger partial charge in [-0.2, -0.15) is 0 Å². The number of hydrogen-bond donors (Lipinski definition) is 4. The summed E-state index contributed by atoms with van der Waals surface area (Å²) in [6.07, 6.45) is -1.57. The lowest BCUT2D eigenvalue weighted by Crippen LogP contribution is -2.48. The monoisotopic (exact) mass is 167 g/mol. The summed E-state index contributed by atoms with van der Waals surface area (Å²) in [7, 11) is 0.992. The number of aliphatic hydroxyl groups excluding tert-OH is 1. The van der Waals surface area contributed by atoms with Crippen LogP contribution in [-0.4, -0.2) is 40.3 Å². The number of aliphatic hydroxyl groups is 3. The van der Waals surface area contributed by atoms with E-state index in [1.807, 2.05) is 0 Å². The van der Waals surface area contributed by atoms with Crippen molar-refractivity contribution in [3.05, 3.63) is 0 Å². The molecule has 0 spiro atoms. The van der Waals surface area contributed by atoms with Gasteiger partial charge in [0.1, 0.15) is 6.10 Å². The van der Waals surface area contributed by atoms with Crippen molar-refractivity contribution in [2.24, 2.45) is 0 Å². The summed E-state index contributed by atoms with van der Waals surface area (Å²) in [6, 6.07) is 0. The van der Waals surface area contributed by atoms with Crippen LogP contribution in [0.2, 0.25) is 0 Å². The smallest absolute Gasteiger partial charge is 0.369 e. The molecule has 0 amide bonds. The van der Waals surface area contributed by atoms with Crippen molar-refractivity contribution in [2.45, 2.75) is 18.8 Å². The summed E-state index contributed by atoms with van der Waals surface area (Å²) >= 11 is 0. The van der Waals surface area contributed by atoms with Crippen LogP contribution in [0.4, 0.5) is 0 Å². The molecule has 0 aliphatic rings. The zero-order valence-corrected chi connectivity index (χ0v) is 6.44. The molecule has 0 fully saturated rings. The van der Waals surface area contributed by atoms with Crippen molar-refractivity contribution in [1.82, 2.24) is 6.15 Å². The van der Waals surface area contributed by atoms with Crippen LogP contribution in [0, 0.1) is 0 Å². The minimum absolute atomic E-state index is 0. The van der Waals surface area contributed by atoms with E-state index in [2.05, 4.69) is 4.74 Å². The Kier molecular flexibility index (Phi) is 4.99. The third-order valence-electron chi connectivity index (χ3n) is 1.07. The normalized spacial score (nSPS) is 13.2. The Morgan fingerprint density at radius 2 is 1.91 bits per heavy atom. The Morgan fingerprint density at radius 1 is 1.55 bits per heavy atom. The van der Waals surface area contributed by atoms with E-state index in [1.165, 1.54) is 0 Å². The van der Waals surface area contributed by atoms with E-state index in [0.717, 1.165) is 14.0 Å². The van der Waals surface area contributed by atoms with Gasteiger partial charge in [-0.1, -0.05) is 0 Å². The molecule has 68 valence electrons.